The van der Waals surface area contributed by atoms with Crippen molar-refractivity contribution in [2.75, 3.05) is 7.11 Å². The van der Waals surface area contributed by atoms with Crippen molar-refractivity contribution in [3.05, 3.63) is 44.9 Å². The number of H-pyrrole nitrogens is 1. The highest BCUT2D eigenvalue weighted by atomic mass is 79.9. The topological polar surface area (TPSA) is 64.2 Å². The fraction of sp³-hybridized carbons (Fsp3) is 0.167. The molecule has 0 aliphatic carbocycles. The number of benzene rings is 1. The van der Waals surface area contributed by atoms with E-state index in [4.69, 9.17) is 9.47 Å². The smallest absolute Gasteiger partial charge is 0.297 e. The lowest BCUT2D eigenvalue weighted by atomic mass is 10.2. The Morgan fingerprint density at radius 2 is 2.17 bits per heavy atom. The van der Waals surface area contributed by atoms with Crippen LogP contribution in [-0.2, 0) is 0 Å². The molecule has 6 heteroatoms. The van der Waals surface area contributed by atoms with Gasteiger partial charge in [0.25, 0.3) is 11.4 Å². The van der Waals surface area contributed by atoms with Crippen LogP contribution in [0.25, 0.3) is 0 Å². The number of methoxy groups -OCH3 is 1. The zero-order valence-electron chi connectivity index (χ0n) is 9.86. The minimum absolute atomic E-state index is 0.0538. The van der Waals surface area contributed by atoms with E-state index in [-0.39, 0.29) is 17.2 Å². The highest BCUT2D eigenvalue weighted by Gasteiger charge is 2.11. The van der Waals surface area contributed by atoms with E-state index < -0.39 is 0 Å². The Morgan fingerprint density at radius 3 is 2.83 bits per heavy atom. The van der Waals surface area contributed by atoms with Crippen molar-refractivity contribution in [3.8, 4) is 17.4 Å². The molecule has 0 saturated heterocycles. The average molecular weight is 311 g/mol. The zero-order chi connectivity index (χ0) is 13.1. The molecule has 0 unspecified atom stereocenters. The van der Waals surface area contributed by atoms with Crippen molar-refractivity contribution < 1.29 is 9.47 Å². The Balaban J connectivity index is 2.37. The summed E-state index contributed by atoms with van der Waals surface area (Å²) in [7, 11) is 1.39. The fourth-order valence-corrected chi connectivity index (χ4v) is 1.66. The maximum atomic E-state index is 11.5. The third kappa shape index (κ3) is 2.53. The Kier molecular flexibility index (Phi) is 3.66. The summed E-state index contributed by atoms with van der Waals surface area (Å²) in [5, 5.41) is 0. The normalized spacial score (nSPS) is 10.2. The predicted molar refractivity (Wildman–Crippen MR) is 70.4 cm³/mol. The minimum atomic E-state index is -0.378. The van der Waals surface area contributed by atoms with Gasteiger partial charge in [-0.15, -0.1) is 0 Å². The third-order valence-electron chi connectivity index (χ3n) is 2.33. The van der Waals surface area contributed by atoms with Crippen LogP contribution < -0.4 is 15.0 Å². The van der Waals surface area contributed by atoms with Gasteiger partial charge in [0.15, 0.2) is 0 Å². The summed E-state index contributed by atoms with van der Waals surface area (Å²) >= 11 is 3.40. The van der Waals surface area contributed by atoms with Gasteiger partial charge in [-0.05, 0) is 30.7 Å². The molecule has 0 aliphatic rings. The molecule has 1 N–H and O–H groups in total. The first-order valence-electron chi connectivity index (χ1n) is 5.17. The summed E-state index contributed by atoms with van der Waals surface area (Å²) in [6.45, 7) is 1.94. The summed E-state index contributed by atoms with van der Waals surface area (Å²) in [4.78, 5) is 17.8. The number of halogens is 1. The quantitative estimate of drug-likeness (QED) is 0.946. The van der Waals surface area contributed by atoms with Crippen LogP contribution in [-0.4, -0.2) is 17.1 Å². The third-order valence-corrected chi connectivity index (χ3v) is 3.22. The second-order valence-corrected chi connectivity index (χ2v) is 4.44. The van der Waals surface area contributed by atoms with E-state index in [0.29, 0.717) is 5.75 Å². The van der Waals surface area contributed by atoms with Crippen LogP contribution in [0.5, 0.6) is 17.4 Å². The van der Waals surface area contributed by atoms with Gasteiger partial charge in [-0.25, -0.2) is 4.98 Å². The van der Waals surface area contributed by atoms with E-state index in [9.17, 15) is 4.79 Å². The molecule has 0 radical (unpaired) electrons. The van der Waals surface area contributed by atoms with Gasteiger partial charge in [0.2, 0.25) is 5.75 Å². The van der Waals surface area contributed by atoms with Crippen LogP contribution in [0.4, 0.5) is 0 Å². The molecule has 2 rings (SSSR count). The van der Waals surface area contributed by atoms with E-state index in [1.807, 2.05) is 19.1 Å². The van der Waals surface area contributed by atoms with Crippen molar-refractivity contribution in [1.29, 1.82) is 0 Å². The number of ether oxygens (including phenoxy) is 2. The maximum absolute atomic E-state index is 11.5. The monoisotopic (exact) mass is 310 g/mol. The van der Waals surface area contributed by atoms with Crippen LogP contribution >= 0.6 is 15.9 Å². The van der Waals surface area contributed by atoms with Crippen LogP contribution in [0.15, 0.2) is 33.8 Å². The van der Waals surface area contributed by atoms with E-state index in [0.717, 1.165) is 10.0 Å². The van der Waals surface area contributed by atoms with Crippen molar-refractivity contribution in [1.82, 2.24) is 9.97 Å². The summed E-state index contributed by atoms with van der Waals surface area (Å²) in [5.41, 5.74) is 0.646. The molecular weight excluding hydrogens is 300 g/mol. The molecule has 0 amide bonds. The number of aromatic nitrogens is 2. The Labute approximate surface area is 112 Å². The lowest BCUT2D eigenvalue weighted by Gasteiger charge is -2.08. The summed E-state index contributed by atoms with van der Waals surface area (Å²) in [6, 6.07) is 5.48. The molecular formula is C12H11BrN2O3. The second kappa shape index (κ2) is 5.22. The Bertz CT molecular complexity index is 625. The number of rotatable bonds is 3. The van der Waals surface area contributed by atoms with E-state index in [1.165, 1.54) is 13.4 Å². The van der Waals surface area contributed by atoms with Gasteiger partial charge in [0.1, 0.15) is 5.75 Å². The number of aryl methyl sites for hydroxylation is 1. The van der Waals surface area contributed by atoms with Gasteiger partial charge < -0.3 is 14.5 Å². The maximum Gasteiger partial charge on any atom is 0.297 e. The average Bonchev–Trinajstić information content (AvgIpc) is 2.34. The number of nitrogens with one attached hydrogen (secondary N) is 1. The first kappa shape index (κ1) is 12.6. The van der Waals surface area contributed by atoms with Gasteiger partial charge in [0, 0.05) is 4.47 Å². The van der Waals surface area contributed by atoms with Crippen molar-refractivity contribution in [2.45, 2.75) is 6.92 Å². The lowest BCUT2D eigenvalue weighted by molar-refractivity contribution is 0.363. The molecule has 18 heavy (non-hydrogen) atoms. The van der Waals surface area contributed by atoms with Crippen LogP contribution in [0.2, 0.25) is 0 Å². The van der Waals surface area contributed by atoms with Crippen LogP contribution in [0.1, 0.15) is 5.56 Å². The molecule has 1 aromatic carbocycles. The van der Waals surface area contributed by atoms with Crippen LogP contribution in [0.3, 0.4) is 0 Å². The SMILES string of the molecule is COc1c(Oc2ccc(Br)c(C)c2)nc[nH]c1=O. The molecule has 0 spiro atoms. The van der Waals surface area contributed by atoms with Crippen molar-refractivity contribution in [3.63, 3.8) is 0 Å². The van der Waals surface area contributed by atoms with E-state index in [1.54, 1.807) is 6.07 Å². The molecule has 0 bridgehead atoms. The molecule has 94 valence electrons. The molecule has 1 heterocycles. The minimum Gasteiger partial charge on any atom is -0.487 e. The number of aromatic amines is 1. The standard InChI is InChI=1S/C12H11BrN2O3/c1-7-5-8(3-4-9(7)13)18-12-10(17-2)11(16)14-6-15-12/h3-6H,1-2H3,(H,14,15,16). The molecule has 0 aliphatic heterocycles. The van der Waals surface area contributed by atoms with E-state index >= 15 is 0 Å². The highest BCUT2D eigenvalue weighted by molar-refractivity contribution is 9.10. The molecule has 2 aromatic rings. The second-order valence-electron chi connectivity index (χ2n) is 3.58. The van der Waals surface area contributed by atoms with Crippen LogP contribution in [0, 0.1) is 6.92 Å². The number of hydrogen-bond acceptors (Lipinski definition) is 4. The first-order valence-corrected chi connectivity index (χ1v) is 5.97. The largest absolute Gasteiger partial charge is 0.487 e. The Morgan fingerprint density at radius 1 is 1.39 bits per heavy atom. The Hall–Kier alpha value is -1.82. The zero-order valence-corrected chi connectivity index (χ0v) is 11.4. The predicted octanol–water partition coefficient (Wildman–Crippen LogP) is 2.64. The number of nitrogens with zero attached hydrogens (tertiary/aromatic N) is 1. The van der Waals surface area contributed by atoms with E-state index in [2.05, 4.69) is 25.9 Å². The van der Waals surface area contributed by atoms with Gasteiger partial charge in [0.05, 0.1) is 13.4 Å². The van der Waals surface area contributed by atoms with Gasteiger partial charge in [-0.3, -0.25) is 4.79 Å². The molecule has 0 saturated carbocycles. The van der Waals surface area contributed by atoms with Gasteiger partial charge in [-0.2, -0.15) is 0 Å². The van der Waals surface area contributed by atoms with Gasteiger partial charge in [-0.1, -0.05) is 15.9 Å². The fourth-order valence-electron chi connectivity index (χ4n) is 1.42. The highest BCUT2D eigenvalue weighted by Crippen LogP contribution is 2.28. The molecule has 0 atom stereocenters. The lowest BCUT2D eigenvalue weighted by Crippen LogP contribution is -2.10. The summed E-state index contributed by atoms with van der Waals surface area (Å²) in [5.74, 6) is 0.785. The summed E-state index contributed by atoms with van der Waals surface area (Å²) in [6.07, 6.45) is 1.27. The number of hydrogen-bond donors (Lipinski definition) is 1. The van der Waals surface area contributed by atoms with Crippen molar-refractivity contribution >= 4 is 15.9 Å². The molecule has 1 aromatic heterocycles. The molecule has 0 fully saturated rings. The van der Waals surface area contributed by atoms with Crippen molar-refractivity contribution in [2.24, 2.45) is 0 Å². The van der Waals surface area contributed by atoms with Gasteiger partial charge >= 0.3 is 0 Å². The first-order chi connectivity index (χ1) is 8.61. The molecule has 5 nitrogen and oxygen atoms in total. The summed E-state index contributed by atoms with van der Waals surface area (Å²) < 4.78 is 11.5.